The fraction of sp³-hybridized carbons (Fsp3) is 0.111. The van der Waals surface area contributed by atoms with Crippen LogP contribution in [0.1, 0.15) is 34.7 Å². The van der Waals surface area contributed by atoms with Crippen LogP contribution in [-0.2, 0) is 11.0 Å². The summed E-state index contributed by atoms with van der Waals surface area (Å²) in [5.74, 6) is -0.377. The average Bonchev–Trinajstić information content (AvgIpc) is 3.38. The van der Waals surface area contributed by atoms with Crippen molar-refractivity contribution in [1.82, 2.24) is 0 Å². The molecule has 7 rings (SSSR count). The van der Waals surface area contributed by atoms with Crippen LogP contribution in [0.5, 0.6) is 0 Å². The molecule has 0 fully saturated rings. The molecule has 0 amide bonds. The molecular formula is C36H27BrO2. The molecule has 1 heterocycles. The zero-order valence-electron chi connectivity index (χ0n) is 21.5. The van der Waals surface area contributed by atoms with Gasteiger partial charge in [-0.25, -0.2) is 0 Å². The molecule has 0 saturated carbocycles. The van der Waals surface area contributed by atoms with E-state index in [1.54, 1.807) is 0 Å². The number of hydrogen-bond donors (Lipinski definition) is 1. The molecule has 0 bridgehead atoms. The van der Waals surface area contributed by atoms with Gasteiger partial charge in [0.25, 0.3) is 0 Å². The van der Waals surface area contributed by atoms with Crippen LogP contribution < -0.4 is 0 Å². The van der Waals surface area contributed by atoms with Crippen LogP contribution in [0.15, 0.2) is 138 Å². The van der Waals surface area contributed by atoms with Crippen LogP contribution in [0, 0.1) is 5.92 Å². The molecule has 0 radical (unpaired) electrons. The van der Waals surface area contributed by atoms with Crippen molar-refractivity contribution in [2.75, 3.05) is 0 Å². The van der Waals surface area contributed by atoms with Gasteiger partial charge in [-0.15, -0.1) is 0 Å². The maximum absolute atomic E-state index is 13.1. The van der Waals surface area contributed by atoms with E-state index in [2.05, 4.69) is 77.5 Å². The number of para-hydroxylation sites is 2. The predicted molar refractivity (Wildman–Crippen MR) is 163 cm³/mol. The van der Waals surface area contributed by atoms with E-state index in [1.165, 1.54) is 0 Å². The predicted octanol–water partition coefficient (Wildman–Crippen LogP) is 9.19. The first-order chi connectivity index (χ1) is 19.0. The van der Waals surface area contributed by atoms with Crippen LogP contribution in [0.3, 0.4) is 0 Å². The van der Waals surface area contributed by atoms with Gasteiger partial charge in [0.05, 0.1) is 0 Å². The first-order valence-corrected chi connectivity index (χ1v) is 14.0. The Kier molecular flexibility index (Phi) is 5.62. The minimum absolute atomic E-state index is 0.377. The van der Waals surface area contributed by atoms with Gasteiger partial charge >= 0.3 is 0 Å². The number of furan rings is 1. The van der Waals surface area contributed by atoms with Gasteiger partial charge in [-0.2, -0.15) is 0 Å². The van der Waals surface area contributed by atoms with Gasteiger partial charge < -0.3 is 9.52 Å². The maximum atomic E-state index is 13.1. The molecule has 1 aliphatic carbocycles. The summed E-state index contributed by atoms with van der Waals surface area (Å²) in [7, 11) is 0. The molecule has 0 saturated heterocycles. The Bertz CT molecular complexity index is 1810. The summed E-state index contributed by atoms with van der Waals surface area (Å²) in [6.45, 7) is 2.26. The van der Waals surface area contributed by atoms with Gasteiger partial charge in [0, 0.05) is 32.2 Å². The molecule has 1 aliphatic rings. The van der Waals surface area contributed by atoms with Gasteiger partial charge in [0.1, 0.15) is 16.8 Å². The monoisotopic (exact) mass is 570 g/mol. The van der Waals surface area contributed by atoms with E-state index in [0.29, 0.717) is 0 Å². The quantitative estimate of drug-likeness (QED) is 0.229. The van der Waals surface area contributed by atoms with Gasteiger partial charge in [-0.1, -0.05) is 150 Å². The van der Waals surface area contributed by atoms with Crippen molar-refractivity contribution < 1.29 is 9.52 Å². The van der Waals surface area contributed by atoms with Crippen LogP contribution >= 0.6 is 15.9 Å². The van der Waals surface area contributed by atoms with Gasteiger partial charge in [-0.05, 0) is 28.3 Å². The van der Waals surface area contributed by atoms with Gasteiger partial charge in [-0.3, -0.25) is 0 Å². The molecular weight excluding hydrogens is 544 g/mol. The Labute approximate surface area is 236 Å². The smallest absolute Gasteiger partial charge is 0.139 e. The Morgan fingerprint density at radius 2 is 1.23 bits per heavy atom. The van der Waals surface area contributed by atoms with Crippen LogP contribution in [0.2, 0.25) is 0 Å². The summed E-state index contributed by atoms with van der Waals surface area (Å²) in [6.07, 6.45) is 2.20. The van der Waals surface area contributed by atoms with E-state index < -0.39 is 11.0 Å². The van der Waals surface area contributed by atoms with E-state index in [0.717, 1.165) is 54.2 Å². The molecule has 6 aromatic rings. The molecule has 0 spiro atoms. The average molecular weight is 572 g/mol. The Morgan fingerprint density at radius 3 is 1.95 bits per heavy atom. The second-order valence-electron chi connectivity index (χ2n) is 10.5. The number of benzene rings is 5. The molecule has 1 aromatic heterocycles. The summed E-state index contributed by atoms with van der Waals surface area (Å²) < 4.78 is 7.58. The van der Waals surface area contributed by atoms with E-state index in [-0.39, 0.29) is 5.92 Å². The van der Waals surface area contributed by atoms with E-state index in [9.17, 15) is 5.11 Å². The van der Waals surface area contributed by atoms with E-state index in [4.69, 9.17) is 4.42 Å². The minimum Gasteiger partial charge on any atom is -0.456 e. The highest BCUT2D eigenvalue weighted by atomic mass is 79.9. The summed E-state index contributed by atoms with van der Waals surface area (Å²) in [5.41, 5.74) is 4.74. The Balaban J connectivity index is 1.60. The SMILES string of the molecule is CC1(c2cccc3c2oc2ccccc23)c2ccccc2C(Br)=CC1C(O)(c1ccccc1)c1ccccc1. The highest BCUT2D eigenvalue weighted by molar-refractivity contribution is 9.15. The summed E-state index contributed by atoms with van der Waals surface area (Å²) >= 11 is 3.89. The van der Waals surface area contributed by atoms with Gasteiger partial charge in [0.2, 0.25) is 0 Å². The summed E-state index contributed by atoms with van der Waals surface area (Å²) in [5, 5.41) is 15.3. The topological polar surface area (TPSA) is 33.4 Å². The summed E-state index contributed by atoms with van der Waals surface area (Å²) in [4.78, 5) is 0. The van der Waals surface area contributed by atoms with E-state index >= 15 is 0 Å². The standard InChI is InChI=1S/C36H27BrO2/c1-35(30-21-12-19-27-26-17-9-11-22-32(26)39-34(27)30)29-20-10-8-18-28(29)31(37)23-33(35)36(38,24-13-4-2-5-14-24)25-15-6-3-7-16-25/h2-23,33,38H,1H3. The van der Waals surface area contributed by atoms with Crippen molar-refractivity contribution in [3.05, 3.63) is 161 Å². The second-order valence-corrected chi connectivity index (χ2v) is 11.4. The Morgan fingerprint density at radius 1 is 0.667 bits per heavy atom. The third-order valence-electron chi connectivity index (χ3n) is 8.52. The van der Waals surface area contributed by atoms with Crippen molar-refractivity contribution >= 4 is 42.4 Å². The fourth-order valence-electron chi connectivity index (χ4n) is 6.63. The molecule has 2 atom stereocenters. The third-order valence-corrected chi connectivity index (χ3v) is 9.21. The number of hydrogen-bond acceptors (Lipinski definition) is 2. The number of halogens is 1. The van der Waals surface area contributed by atoms with E-state index in [1.807, 2.05) is 78.9 Å². The second kappa shape index (κ2) is 9.08. The summed E-state index contributed by atoms with van der Waals surface area (Å²) in [6, 6.07) is 43.2. The lowest BCUT2D eigenvalue weighted by Gasteiger charge is -2.49. The highest BCUT2D eigenvalue weighted by Gasteiger charge is 2.53. The lowest BCUT2D eigenvalue weighted by Crippen LogP contribution is -2.49. The fourth-order valence-corrected chi connectivity index (χ4v) is 7.24. The van der Waals surface area contributed by atoms with Crippen LogP contribution in [0.25, 0.3) is 26.4 Å². The van der Waals surface area contributed by atoms with Crippen molar-refractivity contribution in [1.29, 1.82) is 0 Å². The zero-order valence-corrected chi connectivity index (χ0v) is 23.1. The first-order valence-electron chi connectivity index (χ1n) is 13.2. The van der Waals surface area contributed by atoms with Crippen molar-refractivity contribution in [2.45, 2.75) is 17.9 Å². The molecule has 0 aliphatic heterocycles. The number of fused-ring (bicyclic) bond motifs is 4. The first kappa shape index (κ1) is 24.1. The molecule has 2 unspecified atom stereocenters. The lowest BCUT2D eigenvalue weighted by atomic mass is 9.56. The third kappa shape index (κ3) is 3.50. The Hall–Kier alpha value is -3.92. The molecule has 190 valence electrons. The van der Waals surface area contributed by atoms with Gasteiger partial charge in [0.15, 0.2) is 0 Å². The number of aliphatic hydroxyl groups is 1. The normalized spacial score (nSPS) is 19.2. The molecule has 2 nitrogen and oxygen atoms in total. The largest absolute Gasteiger partial charge is 0.456 e. The van der Waals surface area contributed by atoms with Crippen molar-refractivity contribution in [3.63, 3.8) is 0 Å². The zero-order chi connectivity index (χ0) is 26.6. The van der Waals surface area contributed by atoms with Crippen molar-refractivity contribution in [3.8, 4) is 0 Å². The van der Waals surface area contributed by atoms with Crippen LogP contribution in [-0.4, -0.2) is 5.11 Å². The molecule has 1 N–H and O–H groups in total. The maximum Gasteiger partial charge on any atom is 0.139 e. The number of rotatable bonds is 4. The van der Waals surface area contributed by atoms with Crippen LogP contribution in [0.4, 0.5) is 0 Å². The molecule has 39 heavy (non-hydrogen) atoms. The molecule has 5 aromatic carbocycles. The lowest BCUT2D eigenvalue weighted by molar-refractivity contribution is 0.0116. The minimum atomic E-state index is -1.34. The molecule has 3 heteroatoms. The van der Waals surface area contributed by atoms with Crippen molar-refractivity contribution in [2.24, 2.45) is 5.92 Å². The highest BCUT2D eigenvalue weighted by Crippen LogP contribution is 2.57.